The van der Waals surface area contributed by atoms with Crippen LogP contribution in [0.2, 0.25) is 0 Å². The normalized spacial score (nSPS) is 13.3. The van der Waals surface area contributed by atoms with E-state index in [-0.39, 0.29) is 10.8 Å². The van der Waals surface area contributed by atoms with E-state index in [1.165, 1.54) is 5.56 Å². The van der Waals surface area contributed by atoms with Gasteiger partial charge >= 0.3 is 0 Å². The summed E-state index contributed by atoms with van der Waals surface area (Å²) in [5, 5.41) is 3.98. The van der Waals surface area contributed by atoms with E-state index in [0.29, 0.717) is 0 Å². The van der Waals surface area contributed by atoms with Gasteiger partial charge in [0.1, 0.15) is 17.3 Å². The fraction of sp³-hybridized carbons (Fsp3) is 0.571. The van der Waals surface area contributed by atoms with Crippen LogP contribution in [0.3, 0.4) is 0 Å². The van der Waals surface area contributed by atoms with Crippen molar-refractivity contribution in [3.05, 3.63) is 23.6 Å². The second kappa shape index (κ2) is 3.56. The van der Waals surface area contributed by atoms with E-state index in [1.807, 2.05) is 0 Å². The van der Waals surface area contributed by atoms with Crippen molar-refractivity contribution in [2.75, 3.05) is 0 Å². The molecule has 0 aromatic carbocycles. The molecule has 3 nitrogen and oxygen atoms in total. The molecule has 2 heterocycles. The van der Waals surface area contributed by atoms with Gasteiger partial charge in [-0.15, -0.1) is 0 Å². The van der Waals surface area contributed by atoms with Crippen LogP contribution in [0.1, 0.15) is 52.8 Å². The molecule has 0 unspecified atom stereocenters. The van der Waals surface area contributed by atoms with Crippen LogP contribution < -0.4 is 0 Å². The lowest BCUT2D eigenvalue weighted by Gasteiger charge is -2.28. The first kappa shape index (κ1) is 12.1. The summed E-state index contributed by atoms with van der Waals surface area (Å²) in [5.41, 5.74) is 4.12. The van der Waals surface area contributed by atoms with Crippen LogP contribution in [0, 0.1) is 0 Å². The molecular formula is C14H20N2O. The number of rotatable bonds is 0. The summed E-state index contributed by atoms with van der Waals surface area (Å²) in [6.07, 6.45) is 1.61. The Bertz CT molecular complexity index is 493. The third-order valence-corrected chi connectivity index (χ3v) is 2.86. The van der Waals surface area contributed by atoms with Crippen molar-refractivity contribution in [2.45, 2.75) is 52.4 Å². The molecule has 0 amide bonds. The molecule has 2 rings (SSSR count). The summed E-state index contributed by atoms with van der Waals surface area (Å²) in [6.45, 7) is 13.2. The first-order valence-corrected chi connectivity index (χ1v) is 5.96. The quantitative estimate of drug-likeness (QED) is 0.693. The number of hydrogen-bond acceptors (Lipinski definition) is 3. The molecule has 0 fully saturated rings. The molecular weight excluding hydrogens is 212 g/mol. The lowest BCUT2D eigenvalue weighted by Crippen LogP contribution is -2.23. The van der Waals surface area contributed by atoms with Gasteiger partial charge in [0.15, 0.2) is 0 Å². The number of hydrogen-bond donors (Lipinski definition) is 0. The third kappa shape index (κ3) is 2.19. The van der Waals surface area contributed by atoms with Crippen LogP contribution in [0.15, 0.2) is 16.9 Å². The van der Waals surface area contributed by atoms with Crippen LogP contribution >= 0.6 is 0 Å². The van der Waals surface area contributed by atoms with E-state index < -0.39 is 0 Å². The summed E-state index contributed by atoms with van der Waals surface area (Å²) in [6, 6.07) is 2.10. The molecule has 92 valence electrons. The van der Waals surface area contributed by atoms with E-state index >= 15 is 0 Å². The zero-order valence-electron chi connectivity index (χ0n) is 11.5. The van der Waals surface area contributed by atoms with Crippen LogP contribution in [-0.4, -0.2) is 10.1 Å². The second-order valence-corrected chi connectivity index (χ2v) is 6.60. The minimum Gasteiger partial charge on any atom is -0.362 e. The summed E-state index contributed by atoms with van der Waals surface area (Å²) < 4.78 is 4.99. The van der Waals surface area contributed by atoms with Gasteiger partial charge in [-0.25, -0.2) is 4.98 Å². The Balaban J connectivity index is 2.78. The van der Waals surface area contributed by atoms with Gasteiger partial charge in [0, 0.05) is 5.41 Å². The highest BCUT2D eigenvalue weighted by Crippen LogP contribution is 2.34. The minimum absolute atomic E-state index is 0.0219. The van der Waals surface area contributed by atoms with Crippen molar-refractivity contribution in [3.8, 4) is 0 Å². The first-order chi connectivity index (χ1) is 7.69. The fourth-order valence-corrected chi connectivity index (χ4v) is 1.95. The Labute approximate surface area is 102 Å². The average molecular weight is 232 g/mol. The van der Waals surface area contributed by atoms with Gasteiger partial charge < -0.3 is 4.52 Å². The third-order valence-electron chi connectivity index (χ3n) is 2.86. The van der Waals surface area contributed by atoms with Crippen molar-refractivity contribution in [1.29, 1.82) is 0 Å². The molecule has 0 saturated heterocycles. The van der Waals surface area contributed by atoms with Gasteiger partial charge in [0.25, 0.3) is 0 Å². The SMILES string of the molecule is CC(C)(C)c1cc2nocc2nc1C(C)(C)C. The molecule has 0 aliphatic rings. The van der Waals surface area contributed by atoms with Gasteiger partial charge in [0.05, 0.1) is 5.69 Å². The van der Waals surface area contributed by atoms with E-state index in [2.05, 4.69) is 52.8 Å². The lowest BCUT2D eigenvalue weighted by atomic mass is 9.78. The largest absolute Gasteiger partial charge is 0.362 e. The highest BCUT2D eigenvalue weighted by molar-refractivity contribution is 5.74. The second-order valence-electron chi connectivity index (χ2n) is 6.60. The first-order valence-electron chi connectivity index (χ1n) is 5.96. The number of pyridine rings is 1. The van der Waals surface area contributed by atoms with Crippen LogP contribution in [0.25, 0.3) is 11.0 Å². The van der Waals surface area contributed by atoms with E-state index in [1.54, 1.807) is 6.26 Å². The maximum absolute atomic E-state index is 4.99. The Kier molecular flexibility index (Phi) is 2.53. The van der Waals surface area contributed by atoms with Gasteiger partial charge in [-0.2, -0.15) is 0 Å². The Hall–Kier alpha value is -1.38. The van der Waals surface area contributed by atoms with E-state index in [4.69, 9.17) is 9.51 Å². The minimum atomic E-state index is 0.0219. The zero-order chi connectivity index (χ0) is 12.8. The van der Waals surface area contributed by atoms with Crippen LogP contribution in [0.5, 0.6) is 0 Å². The lowest BCUT2D eigenvalue weighted by molar-refractivity contribution is 0.428. The molecule has 2 aromatic heterocycles. The average Bonchev–Trinajstić information content (AvgIpc) is 2.59. The van der Waals surface area contributed by atoms with Crippen molar-refractivity contribution in [2.24, 2.45) is 0 Å². The monoisotopic (exact) mass is 232 g/mol. The molecule has 0 aliphatic carbocycles. The van der Waals surface area contributed by atoms with Crippen molar-refractivity contribution >= 4 is 11.0 Å². The Morgan fingerprint density at radius 1 is 0.941 bits per heavy atom. The Morgan fingerprint density at radius 3 is 2.12 bits per heavy atom. The highest BCUT2D eigenvalue weighted by Gasteiger charge is 2.27. The molecule has 0 bridgehead atoms. The highest BCUT2D eigenvalue weighted by atomic mass is 16.5. The van der Waals surface area contributed by atoms with E-state index in [9.17, 15) is 0 Å². The molecule has 0 radical (unpaired) electrons. The topological polar surface area (TPSA) is 38.9 Å². The van der Waals surface area contributed by atoms with Crippen molar-refractivity contribution in [3.63, 3.8) is 0 Å². The Morgan fingerprint density at radius 2 is 1.59 bits per heavy atom. The molecule has 0 saturated carbocycles. The van der Waals surface area contributed by atoms with Gasteiger partial charge in [-0.3, -0.25) is 0 Å². The zero-order valence-corrected chi connectivity index (χ0v) is 11.5. The summed E-state index contributed by atoms with van der Waals surface area (Å²) >= 11 is 0. The summed E-state index contributed by atoms with van der Waals surface area (Å²) in [4.78, 5) is 4.72. The number of nitrogens with zero attached hydrogens (tertiary/aromatic N) is 2. The van der Waals surface area contributed by atoms with Gasteiger partial charge in [-0.1, -0.05) is 46.7 Å². The molecule has 0 atom stereocenters. The predicted molar refractivity (Wildman–Crippen MR) is 69.2 cm³/mol. The van der Waals surface area contributed by atoms with Gasteiger partial charge in [-0.05, 0) is 17.0 Å². The standard InChI is InChI=1S/C14H20N2O/c1-13(2,3)9-7-10-11(8-17-16-10)15-12(9)14(4,5)6/h7-8H,1-6H3. The molecule has 2 aromatic rings. The van der Waals surface area contributed by atoms with Crippen LogP contribution in [-0.2, 0) is 10.8 Å². The van der Waals surface area contributed by atoms with Gasteiger partial charge in [0.2, 0.25) is 0 Å². The summed E-state index contributed by atoms with van der Waals surface area (Å²) in [7, 11) is 0. The molecule has 0 N–H and O–H groups in total. The number of fused-ring (bicyclic) bond motifs is 1. The number of aromatic nitrogens is 2. The molecule has 0 aliphatic heterocycles. The molecule has 17 heavy (non-hydrogen) atoms. The maximum Gasteiger partial charge on any atom is 0.150 e. The maximum atomic E-state index is 4.99. The van der Waals surface area contributed by atoms with Crippen LogP contribution in [0.4, 0.5) is 0 Å². The van der Waals surface area contributed by atoms with Crippen molar-refractivity contribution in [1.82, 2.24) is 10.1 Å². The smallest absolute Gasteiger partial charge is 0.150 e. The fourth-order valence-electron chi connectivity index (χ4n) is 1.95. The molecule has 0 spiro atoms. The predicted octanol–water partition coefficient (Wildman–Crippen LogP) is 3.82. The van der Waals surface area contributed by atoms with E-state index in [0.717, 1.165) is 16.7 Å². The van der Waals surface area contributed by atoms with Crippen molar-refractivity contribution < 1.29 is 4.52 Å². The summed E-state index contributed by atoms with van der Waals surface area (Å²) in [5.74, 6) is 0. The molecule has 3 heteroatoms.